The Balaban J connectivity index is 1.31. The number of rotatable bonds is 7. The number of hydrogen-bond acceptors (Lipinski definition) is 4. The number of hydrogen-bond donors (Lipinski definition) is 0. The fourth-order valence-corrected chi connectivity index (χ4v) is 3.89. The SMILES string of the molecule is Cc1ccsc1C(=O)N1CCC(OCCOCc2ccccc2)CC1. The van der Waals surface area contributed by atoms with Crippen LogP contribution in [0.2, 0.25) is 0 Å². The van der Waals surface area contributed by atoms with Gasteiger partial charge in [0.05, 0.1) is 30.8 Å². The van der Waals surface area contributed by atoms with E-state index in [2.05, 4.69) is 12.1 Å². The lowest BCUT2D eigenvalue weighted by Crippen LogP contribution is -2.41. The second-order valence-corrected chi connectivity index (χ2v) is 7.25. The first kappa shape index (κ1) is 18.1. The second kappa shape index (κ2) is 9.13. The van der Waals surface area contributed by atoms with Gasteiger partial charge in [0, 0.05) is 13.1 Å². The van der Waals surface area contributed by atoms with Gasteiger partial charge in [-0.05, 0) is 42.3 Å². The zero-order valence-corrected chi connectivity index (χ0v) is 15.5. The molecular weight excluding hydrogens is 334 g/mol. The molecule has 0 unspecified atom stereocenters. The minimum Gasteiger partial charge on any atom is -0.376 e. The molecule has 0 atom stereocenters. The van der Waals surface area contributed by atoms with Crippen LogP contribution in [-0.4, -0.2) is 43.2 Å². The lowest BCUT2D eigenvalue weighted by Gasteiger charge is -2.31. The molecule has 2 aromatic rings. The van der Waals surface area contributed by atoms with Crippen LogP contribution in [0.3, 0.4) is 0 Å². The minimum atomic E-state index is 0.164. The summed E-state index contributed by atoms with van der Waals surface area (Å²) in [4.78, 5) is 15.3. The van der Waals surface area contributed by atoms with Crippen molar-refractivity contribution in [3.8, 4) is 0 Å². The average molecular weight is 359 g/mol. The number of benzene rings is 1. The van der Waals surface area contributed by atoms with Gasteiger partial charge in [-0.15, -0.1) is 11.3 Å². The second-order valence-electron chi connectivity index (χ2n) is 6.33. The molecule has 1 saturated heterocycles. The van der Waals surface area contributed by atoms with Crippen LogP contribution in [0.4, 0.5) is 0 Å². The summed E-state index contributed by atoms with van der Waals surface area (Å²) in [6, 6.07) is 12.2. The van der Waals surface area contributed by atoms with Crippen LogP contribution in [0.25, 0.3) is 0 Å². The summed E-state index contributed by atoms with van der Waals surface area (Å²) in [6.45, 7) is 5.36. The molecule has 1 aliphatic heterocycles. The van der Waals surface area contributed by atoms with Crippen molar-refractivity contribution in [2.75, 3.05) is 26.3 Å². The summed E-state index contributed by atoms with van der Waals surface area (Å²) in [6.07, 6.45) is 2.03. The number of carbonyl (C=O) groups excluding carboxylic acids is 1. The first-order valence-corrected chi connectivity index (χ1v) is 9.68. The monoisotopic (exact) mass is 359 g/mol. The fraction of sp³-hybridized carbons (Fsp3) is 0.450. The molecule has 0 N–H and O–H groups in total. The van der Waals surface area contributed by atoms with Gasteiger partial charge in [-0.25, -0.2) is 0 Å². The van der Waals surface area contributed by atoms with Crippen LogP contribution in [0.1, 0.15) is 33.6 Å². The molecule has 0 saturated carbocycles. The van der Waals surface area contributed by atoms with Crippen molar-refractivity contribution in [3.63, 3.8) is 0 Å². The van der Waals surface area contributed by atoms with E-state index in [-0.39, 0.29) is 12.0 Å². The third kappa shape index (κ3) is 5.14. The van der Waals surface area contributed by atoms with E-state index in [1.54, 1.807) is 0 Å². The van der Waals surface area contributed by atoms with E-state index in [1.165, 1.54) is 16.9 Å². The van der Waals surface area contributed by atoms with Crippen molar-refractivity contribution in [3.05, 3.63) is 57.8 Å². The maximum atomic E-state index is 12.5. The van der Waals surface area contributed by atoms with E-state index >= 15 is 0 Å². The lowest BCUT2D eigenvalue weighted by atomic mass is 10.1. The highest BCUT2D eigenvalue weighted by Crippen LogP contribution is 2.21. The van der Waals surface area contributed by atoms with Crippen LogP contribution in [0.5, 0.6) is 0 Å². The Bertz CT molecular complexity index is 663. The number of nitrogens with zero attached hydrogens (tertiary/aromatic N) is 1. The van der Waals surface area contributed by atoms with Gasteiger partial charge in [0.2, 0.25) is 0 Å². The molecule has 0 aliphatic carbocycles. The van der Waals surface area contributed by atoms with Crippen molar-refractivity contribution in [1.82, 2.24) is 4.90 Å². The van der Waals surface area contributed by atoms with Crippen LogP contribution >= 0.6 is 11.3 Å². The van der Waals surface area contributed by atoms with Gasteiger partial charge in [0.25, 0.3) is 5.91 Å². The normalized spacial score (nSPS) is 15.5. The summed E-state index contributed by atoms with van der Waals surface area (Å²) in [5.74, 6) is 0.164. The Kier molecular flexibility index (Phi) is 6.62. The van der Waals surface area contributed by atoms with Crippen LogP contribution in [0, 0.1) is 6.92 Å². The van der Waals surface area contributed by atoms with Gasteiger partial charge in [-0.2, -0.15) is 0 Å². The van der Waals surface area contributed by atoms with E-state index in [4.69, 9.17) is 9.47 Å². The Morgan fingerprint density at radius 3 is 2.60 bits per heavy atom. The third-order valence-corrected chi connectivity index (χ3v) is 5.48. The van der Waals surface area contributed by atoms with Crippen molar-refractivity contribution in [2.24, 2.45) is 0 Å². The van der Waals surface area contributed by atoms with Crippen LogP contribution in [-0.2, 0) is 16.1 Å². The molecule has 1 aromatic heterocycles. The molecule has 1 amide bonds. The summed E-state index contributed by atoms with van der Waals surface area (Å²) in [7, 11) is 0. The molecule has 0 bridgehead atoms. The van der Waals surface area contributed by atoms with Crippen LogP contribution < -0.4 is 0 Å². The summed E-state index contributed by atoms with van der Waals surface area (Å²) in [5, 5.41) is 1.98. The molecule has 1 fully saturated rings. The number of aryl methyl sites for hydroxylation is 1. The summed E-state index contributed by atoms with van der Waals surface area (Å²) < 4.78 is 11.5. The first-order chi connectivity index (χ1) is 12.2. The molecule has 1 aromatic carbocycles. The number of piperidine rings is 1. The Morgan fingerprint density at radius 2 is 1.92 bits per heavy atom. The maximum Gasteiger partial charge on any atom is 0.264 e. The molecule has 3 rings (SSSR count). The first-order valence-electron chi connectivity index (χ1n) is 8.80. The van der Waals surface area contributed by atoms with Crippen molar-refractivity contribution in [2.45, 2.75) is 32.5 Å². The van der Waals surface area contributed by atoms with E-state index < -0.39 is 0 Å². The maximum absolute atomic E-state index is 12.5. The highest BCUT2D eigenvalue weighted by molar-refractivity contribution is 7.12. The van der Waals surface area contributed by atoms with Gasteiger partial charge in [0.1, 0.15) is 0 Å². The fourth-order valence-electron chi connectivity index (χ4n) is 3.00. The predicted octanol–water partition coefficient (Wildman–Crippen LogP) is 3.89. The Hall–Kier alpha value is -1.69. The highest BCUT2D eigenvalue weighted by atomic mass is 32.1. The predicted molar refractivity (Wildman–Crippen MR) is 100 cm³/mol. The van der Waals surface area contributed by atoms with Crippen LogP contribution in [0.15, 0.2) is 41.8 Å². The van der Waals surface area contributed by atoms with E-state index in [0.717, 1.165) is 36.4 Å². The van der Waals surface area contributed by atoms with Crippen molar-refractivity contribution < 1.29 is 14.3 Å². The zero-order chi connectivity index (χ0) is 17.5. The number of ether oxygens (including phenoxy) is 2. The molecule has 0 radical (unpaired) electrons. The smallest absolute Gasteiger partial charge is 0.264 e. The van der Waals surface area contributed by atoms with Gasteiger partial charge >= 0.3 is 0 Å². The molecule has 0 spiro atoms. The molecule has 4 nitrogen and oxygen atoms in total. The summed E-state index contributed by atoms with van der Waals surface area (Å²) in [5.41, 5.74) is 2.25. The Morgan fingerprint density at radius 1 is 1.16 bits per heavy atom. The van der Waals surface area contributed by atoms with Gasteiger partial charge in [-0.1, -0.05) is 30.3 Å². The van der Waals surface area contributed by atoms with Gasteiger partial charge in [-0.3, -0.25) is 4.79 Å². The van der Waals surface area contributed by atoms with E-state index in [9.17, 15) is 4.79 Å². The number of carbonyl (C=O) groups is 1. The number of thiophene rings is 1. The topological polar surface area (TPSA) is 38.8 Å². The number of likely N-dealkylation sites (tertiary alicyclic amines) is 1. The van der Waals surface area contributed by atoms with E-state index in [0.29, 0.717) is 19.8 Å². The molecule has 134 valence electrons. The lowest BCUT2D eigenvalue weighted by molar-refractivity contribution is -0.0228. The number of amides is 1. The van der Waals surface area contributed by atoms with Crippen molar-refractivity contribution in [1.29, 1.82) is 0 Å². The van der Waals surface area contributed by atoms with Gasteiger partial charge < -0.3 is 14.4 Å². The molecule has 2 heterocycles. The standard InChI is InChI=1S/C20H25NO3S/c1-16-9-14-25-19(16)20(22)21-10-7-18(8-11-21)24-13-12-23-15-17-5-3-2-4-6-17/h2-6,9,14,18H,7-8,10-13,15H2,1H3. The van der Waals surface area contributed by atoms with Gasteiger partial charge in [0.15, 0.2) is 0 Å². The molecule has 1 aliphatic rings. The molecule has 25 heavy (non-hydrogen) atoms. The quantitative estimate of drug-likeness (QED) is 0.704. The largest absolute Gasteiger partial charge is 0.376 e. The van der Waals surface area contributed by atoms with E-state index in [1.807, 2.05) is 41.5 Å². The highest BCUT2D eigenvalue weighted by Gasteiger charge is 2.25. The third-order valence-electron chi connectivity index (χ3n) is 4.48. The zero-order valence-electron chi connectivity index (χ0n) is 14.6. The summed E-state index contributed by atoms with van der Waals surface area (Å²) >= 11 is 1.53. The molecular formula is C20H25NO3S. The Labute approximate surface area is 153 Å². The molecule has 5 heteroatoms. The minimum absolute atomic E-state index is 0.164. The average Bonchev–Trinajstić information content (AvgIpc) is 3.08. The van der Waals surface area contributed by atoms with Crippen molar-refractivity contribution >= 4 is 17.2 Å².